The SMILES string of the molecule is O=C(CSc1nnc(-c2ccc(F)cc2)n1-c1ccc(F)cc1)c1ccc2c(c1)OCO2. The first-order valence-electron chi connectivity index (χ1n) is 9.61. The Morgan fingerprint density at radius 1 is 0.906 bits per heavy atom. The van der Waals surface area contributed by atoms with Gasteiger partial charge >= 0.3 is 0 Å². The van der Waals surface area contributed by atoms with E-state index in [9.17, 15) is 13.6 Å². The lowest BCUT2D eigenvalue weighted by Crippen LogP contribution is -2.05. The lowest BCUT2D eigenvalue weighted by atomic mass is 10.1. The summed E-state index contributed by atoms with van der Waals surface area (Å²) in [6.45, 7) is 0.134. The summed E-state index contributed by atoms with van der Waals surface area (Å²) < 4.78 is 39.2. The predicted octanol–water partition coefficient (Wildman–Crippen LogP) is 4.92. The fourth-order valence-electron chi connectivity index (χ4n) is 3.26. The average molecular weight is 451 g/mol. The Morgan fingerprint density at radius 3 is 2.34 bits per heavy atom. The van der Waals surface area contributed by atoms with Crippen molar-refractivity contribution in [3.63, 3.8) is 0 Å². The van der Waals surface area contributed by atoms with E-state index in [4.69, 9.17) is 9.47 Å². The summed E-state index contributed by atoms with van der Waals surface area (Å²) in [5.74, 6) is 0.827. The number of thioether (sulfide) groups is 1. The van der Waals surface area contributed by atoms with E-state index in [-0.39, 0.29) is 30.0 Å². The lowest BCUT2D eigenvalue weighted by molar-refractivity contribution is 0.102. The van der Waals surface area contributed by atoms with Crippen LogP contribution < -0.4 is 9.47 Å². The molecule has 0 bridgehead atoms. The number of fused-ring (bicyclic) bond motifs is 1. The van der Waals surface area contributed by atoms with Crippen LogP contribution in [0.5, 0.6) is 11.5 Å². The fourth-order valence-corrected chi connectivity index (χ4v) is 4.10. The van der Waals surface area contributed by atoms with Crippen molar-refractivity contribution in [1.29, 1.82) is 0 Å². The van der Waals surface area contributed by atoms with Crippen LogP contribution in [-0.2, 0) is 0 Å². The highest BCUT2D eigenvalue weighted by Crippen LogP contribution is 2.33. The number of Topliss-reactive ketones (excluding diaryl/α,β-unsaturated/α-hetero) is 1. The van der Waals surface area contributed by atoms with Gasteiger partial charge in [0.15, 0.2) is 28.3 Å². The molecule has 0 atom stereocenters. The molecule has 0 saturated carbocycles. The van der Waals surface area contributed by atoms with E-state index in [0.717, 1.165) is 0 Å². The van der Waals surface area contributed by atoms with Crippen LogP contribution in [0.15, 0.2) is 71.9 Å². The molecule has 0 radical (unpaired) electrons. The van der Waals surface area contributed by atoms with Crippen molar-refractivity contribution in [1.82, 2.24) is 14.8 Å². The molecule has 32 heavy (non-hydrogen) atoms. The Hall–Kier alpha value is -3.72. The molecule has 160 valence electrons. The first-order chi connectivity index (χ1) is 15.6. The van der Waals surface area contributed by atoms with Crippen LogP contribution in [0.25, 0.3) is 17.1 Å². The maximum absolute atomic E-state index is 13.5. The van der Waals surface area contributed by atoms with Crippen molar-refractivity contribution in [2.24, 2.45) is 0 Å². The number of ketones is 1. The highest BCUT2D eigenvalue weighted by Gasteiger charge is 2.20. The van der Waals surface area contributed by atoms with Gasteiger partial charge in [0, 0.05) is 16.8 Å². The summed E-state index contributed by atoms with van der Waals surface area (Å²) in [6, 6.07) is 16.7. The number of hydrogen-bond donors (Lipinski definition) is 0. The summed E-state index contributed by atoms with van der Waals surface area (Å²) in [7, 11) is 0. The largest absolute Gasteiger partial charge is 0.454 e. The van der Waals surface area contributed by atoms with Gasteiger partial charge < -0.3 is 9.47 Å². The molecular weight excluding hydrogens is 436 g/mol. The smallest absolute Gasteiger partial charge is 0.231 e. The second kappa shape index (κ2) is 8.43. The summed E-state index contributed by atoms with van der Waals surface area (Å²) in [5.41, 5.74) is 1.75. The fraction of sp³-hybridized carbons (Fsp3) is 0.0870. The normalized spacial score (nSPS) is 12.2. The van der Waals surface area contributed by atoms with Gasteiger partial charge in [-0.05, 0) is 66.7 Å². The Kier molecular flexibility index (Phi) is 5.32. The number of ether oxygens (including phenoxy) is 2. The summed E-state index contributed by atoms with van der Waals surface area (Å²) in [6.07, 6.45) is 0. The third-order valence-electron chi connectivity index (χ3n) is 4.85. The van der Waals surface area contributed by atoms with E-state index in [1.165, 1.54) is 36.0 Å². The number of nitrogens with zero attached hydrogens (tertiary/aromatic N) is 3. The van der Waals surface area contributed by atoms with Crippen molar-refractivity contribution in [3.8, 4) is 28.6 Å². The zero-order valence-electron chi connectivity index (χ0n) is 16.5. The molecule has 0 aliphatic carbocycles. The zero-order valence-corrected chi connectivity index (χ0v) is 17.3. The minimum atomic E-state index is -0.377. The molecule has 6 nitrogen and oxygen atoms in total. The van der Waals surface area contributed by atoms with E-state index < -0.39 is 0 Å². The molecule has 2 heterocycles. The van der Waals surface area contributed by atoms with Gasteiger partial charge in [0.05, 0.1) is 5.75 Å². The van der Waals surface area contributed by atoms with Crippen LogP contribution in [0.2, 0.25) is 0 Å². The molecule has 0 fully saturated rings. The molecule has 0 unspecified atom stereocenters. The van der Waals surface area contributed by atoms with Crippen LogP contribution in [0.1, 0.15) is 10.4 Å². The van der Waals surface area contributed by atoms with Gasteiger partial charge in [-0.15, -0.1) is 10.2 Å². The molecule has 1 aliphatic heterocycles. The van der Waals surface area contributed by atoms with Gasteiger partial charge in [0.25, 0.3) is 0 Å². The molecule has 0 spiro atoms. The van der Waals surface area contributed by atoms with Gasteiger partial charge in [-0.1, -0.05) is 11.8 Å². The second-order valence-electron chi connectivity index (χ2n) is 6.90. The zero-order chi connectivity index (χ0) is 22.1. The molecule has 0 N–H and O–H groups in total. The van der Waals surface area contributed by atoms with Crippen LogP contribution in [0.4, 0.5) is 8.78 Å². The standard InChI is InChI=1S/C23H15F2N3O3S/c24-16-4-1-14(2-5-16)22-26-27-23(28(22)18-8-6-17(25)7-9-18)32-12-19(29)15-3-10-20-21(11-15)31-13-30-20/h1-11H,12-13H2. The van der Waals surface area contributed by atoms with Gasteiger partial charge in [-0.2, -0.15) is 0 Å². The van der Waals surface area contributed by atoms with E-state index in [1.54, 1.807) is 47.0 Å². The summed E-state index contributed by atoms with van der Waals surface area (Å²) in [5, 5.41) is 8.92. The Balaban J connectivity index is 1.45. The Morgan fingerprint density at radius 2 is 1.59 bits per heavy atom. The van der Waals surface area contributed by atoms with Crippen molar-refractivity contribution in [2.45, 2.75) is 5.16 Å². The first-order valence-corrected chi connectivity index (χ1v) is 10.6. The monoisotopic (exact) mass is 451 g/mol. The minimum absolute atomic E-state index is 0.0996. The molecular formula is C23H15F2N3O3S. The van der Waals surface area contributed by atoms with Crippen LogP contribution in [0, 0.1) is 11.6 Å². The van der Waals surface area contributed by atoms with Crippen LogP contribution in [0.3, 0.4) is 0 Å². The highest BCUT2D eigenvalue weighted by molar-refractivity contribution is 7.99. The first kappa shape index (κ1) is 20.2. The van der Waals surface area contributed by atoms with E-state index in [1.807, 2.05) is 0 Å². The van der Waals surface area contributed by atoms with Gasteiger partial charge in [-0.3, -0.25) is 9.36 Å². The van der Waals surface area contributed by atoms with E-state index >= 15 is 0 Å². The third kappa shape index (κ3) is 3.94. The molecule has 1 aromatic heterocycles. The van der Waals surface area contributed by atoms with Gasteiger partial charge in [-0.25, -0.2) is 8.78 Å². The number of aromatic nitrogens is 3. The average Bonchev–Trinajstić information content (AvgIpc) is 3.45. The number of carbonyl (C=O) groups is 1. The summed E-state index contributed by atoms with van der Waals surface area (Å²) in [4.78, 5) is 12.8. The number of hydrogen-bond acceptors (Lipinski definition) is 6. The quantitative estimate of drug-likeness (QED) is 0.306. The molecule has 1 aliphatic rings. The number of carbonyl (C=O) groups excluding carboxylic acids is 1. The Labute approximate surface area is 185 Å². The Bertz CT molecular complexity index is 1290. The molecule has 4 aromatic rings. The summed E-state index contributed by atoms with van der Waals surface area (Å²) >= 11 is 1.20. The molecule has 3 aromatic carbocycles. The number of benzene rings is 3. The van der Waals surface area contributed by atoms with Crippen molar-refractivity contribution >= 4 is 17.5 Å². The van der Waals surface area contributed by atoms with E-state index in [0.29, 0.717) is 39.3 Å². The predicted molar refractivity (Wildman–Crippen MR) is 114 cm³/mol. The minimum Gasteiger partial charge on any atom is -0.454 e. The van der Waals surface area contributed by atoms with Crippen LogP contribution in [-0.4, -0.2) is 33.1 Å². The van der Waals surface area contributed by atoms with Crippen LogP contribution >= 0.6 is 11.8 Å². The third-order valence-corrected chi connectivity index (χ3v) is 5.78. The van der Waals surface area contributed by atoms with Crippen molar-refractivity contribution in [3.05, 3.63) is 83.9 Å². The molecule has 0 amide bonds. The number of halogens is 2. The number of rotatable bonds is 6. The van der Waals surface area contributed by atoms with Gasteiger partial charge in [0.2, 0.25) is 6.79 Å². The molecule has 0 saturated heterocycles. The second-order valence-corrected chi connectivity index (χ2v) is 7.85. The maximum atomic E-state index is 13.5. The lowest BCUT2D eigenvalue weighted by Gasteiger charge is -2.10. The van der Waals surface area contributed by atoms with Crippen molar-refractivity contribution in [2.75, 3.05) is 12.5 Å². The molecule has 9 heteroatoms. The van der Waals surface area contributed by atoms with Gasteiger partial charge in [0.1, 0.15) is 11.6 Å². The maximum Gasteiger partial charge on any atom is 0.231 e. The van der Waals surface area contributed by atoms with E-state index in [2.05, 4.69) is 10.2 Å². The highest BCUT2D eigenvalue weighted by atomic mass is 32.2. The topological polar surface area (TPSA) is 66.2 Å². The molecule has 5 rings (SSSR count). The van der Waals surface area contributed by atoms with Crippen molar-refractivity contribution < 1.29 is 23.0 Å².